The van der Waals surface area contributed by atoms with Crippen LogP contribution >= 0.6 is 0 Å². The van der Waals surface area contributed by atoms with Crippen LogP contribution in [0.4, 0.5) is 0 Å². The topological polar surface area (TPSA) is 54.5 Å². The van der Waals surface area contributed by atoms with Crippen LogP contribution in [0.2, 0.25) is 0 Å². The molecule has 0 saturated carbocycles. The maximum Gasteiger partial charge on any atom is 0.222 e. The summed E-state index contributed by atoms with van der Waals surface area (Å²) in [4.78, 5) is 14.0. The van der Waals surface area contributed by atoms with Crippen molar-refractivity contribution in [1.29, 1.82) is 0 Å². The van der Waals surface area contributed by atoms with E-state index in [1.807, 2.05) is 4.90 Å². The molecule has 1 heterocycles. The largest absolute Gasteiger partial charge is 0.339 e. The van der Waals surface area contributed by atoms with Gasteiger partial charge in [0.2, 0.25) is 5.91 Å². The molecule has 1 amide bonds. The standard InChI is InChI=1S/C13H25NO3S/c1-3-5-7-13(15)14(9-6-4-2)12-8-10-18(16,17)11-12/h12H,3-11H2,1-2H3. The molecule has 1 aliphatic rings. The van der Waals surface area contributed by atoms with Gasteiger partial charge in [0.1, 0.15) is 0 Å². The molecule has 1 saturated heterocycles. The van der Waals surface area contributed by atoms with E-state index >= 15 is 0 Å². The summed E-state index contributed by atoms with van der Waals surface area (Å²) in [7, 11) is -2.91. The molecule has 4 nitrogen and oxygen atoms in total. The number of carbonyl (C=O) groups is 1. The first-order chi connectivity index (χ1) is 8.50. The summed E-state index contributed by atoms with van der Waals surface area (Å²) in [5.41, 5.74) is 0. The van der Waals surface area contributed by atoms with E-state index in [1.54, 1.807) is 0 Å². The number of hydrogen-bond acceptors (Lipinski definition) is 3. The second kappa shape index (κ2) is 7.12. The fourth-order valence-electron chi connectivity index (χ4n) is 2.33. The fraction of sp³-hybridized carbons (Fsp3) is 0.923. The second-order valence-electron chi connectivity index (χ2n) is 5.10. The maximum atomic E-state index is 12.1. The molecule has 1 fully saturated rings. The number of sulfone groups is 1. The van der Waals surface area contributed by atoms with Gasteiger partial charge in [0.05, 0.1) is 11.5 Å². The van der Waals surface area contributed by atoms with E-state index in [0.717, 1.165) is 25.7 Å². The first-order valence-electron chi connectivity index (χ1n) is 7.00. The third-order valence-corrected chi connectivity index (χ3v) is 5.22. The summed E-state index contributed by atoms with van der Waals surface area (Å²) >= 11 is 0. The minimum Gasteiger partial charge on any atom is -0.339 e. The predicted molar refractivity (Wildman–Crippen MR) is 73.2 cm³/mol. The molecule has 0 aromatic heterocycles. The lowest BCUT2D eigenvalue weighted by Gasteiger charge is -2.28. The van der Waals surface area contributed by atoms with Crippen LogP contribution in [0.3, 0.4) is 0 Å². The van der Waals surface area contributed by atoms with E-state index in [0.29, 0.717) is 19.4 Å². The zero-order chi connectivity index (χ0) is 13.6. The molecule has 0 bridgehead atoms. The van der Waals surface area contributed by atoms with Gasteiger partial charge >= 0.3 is 0 Å². The molecular formula is C13H25NO3S. The molecule has 0 N–H and O–H groups in total. The van der Waals surface area contributed by atoms with Gasteiger partial charge in [-0.05, 0) is 19.3 Å². The predicted octanol–water partition coefficient (Wildman–Crippen LogP) is 1.99. The molecule has 0 spiro atoms. The molecule has 1 unspecified atom stereocenters. The minimum atomic E-state index is -2.91. The highest BCUT2D eigenvalue weighted by Gasteiger charge is 2.33. The van der Waals surface area contributed by atoms with E-state index in [-0.39, 0.29) is 23.5 Å². The third-order valence-electron chi connectivity index (χ3n) is 3.47. The zero-order valence-corrected chi connectivity index (χ0v) is 12.3. The van der Waals surface area contributed by atoms with Gasteiger partial charge in [-0.1, -0.05) is 26.7 Å². The normalized spacial score (nSPS) is 22.0. The summed E-state index contributed by atoms with van der Waals surface area (Å²) < 4.78 is 23.0. The molecule has 5 heteroatoms. The average Bonchev–Trinajstić information content (AvgIpc) is 2.67. The summed E-state index contributed by atoms with van der Waals surface area (Å²) in [5.74, 6) is 0.531. The van der Waals surface area contributed by atoms with Crippen molar-refractivity contribution in [2.24, 2.45) is 0 Å². The van der Waals surface area contributed by atoms with Crippen molar-refractivity contribution in [3.63, 3.8) is 0 Å². The number of hydrogen-bond donors (Lipinski definition) is 0. The first-order valence-corrected chi connectivity index (χ1v) is 8.82. The van der Waals surface area contributed by atoms with Crippen LogP contribution in [-0.4, -0.2) is 43.3 Å². The molecule has 18 heavy (non-hydrogen) atoms. The Balaban J connectivity index is 2.63. The highest BCUT2D eigenvalue weighted by Crippen LogP contribution is 2.19. The van der Waals surface area contributed by atoms with E-state index in [9.17, 15) is 13.2 Å². The number of rotatable bonds is 7. The Morgan fingerprint density at radius 1 is 1.22 bits per heavy atom. The Bertz CT molecular complexity index is 364. The smallest absolute Gasteiger partial charge is 0.222 e. The van der Waals surface area contributed by atoms with Crippen molar-refractivity contribution in [3.8, 4) is 0 Å². The molecular weight excluding hydrogens is 250 g/mol. The van der Waals surface area contributed by atoms with Crippen molar-refractivity contribution < 1.29 is 13.2 Å². The molecule has 1 atom stereocenters. The van der Waals surface area contributed by atoms with Crippen molar-refractivity contribution >= 4 is 15.7 Å². The molecule has 106 valence electrons. The van der Waals surface area contributed by atoms with Gasteiger partial charge in [0.15, 0.2) is 9.84 Å². The van der Waals surface area contributed by atoms with Crippen molar-refractivity contribution in [2.75, 3.05) is 18.1 Å². The van der Waals surface area contributed by atoms with Crippen LogP contribution in [0, 0.1) is 0 Å². The van der Waals surface area contributed by atoms with Gasteiger partial charge in [-0.2, -0.15) is 0 Å². The van der Waals surface area contributed by atoms with Crippen LogP contribution in [0.5, 0.6) is 0 Å². The molecule has 0 radical (unpaired) electrons. The Hall–Kier alpha value is -0.580. The van der Waals surface area contributed by atoms with Gasteiger partial charge in [0.25, 0.3) is 0 Å². The Morgan fingerprint density at radius 3 is 2.39 bits per heavy atom. The second-order valence-corrected chi connectivity index (χ2v) is 7.33. The lowest BCUT2D eigenvalue weighted by atomic mass is 10.1. The van der Waals surface area contributed by atoms with E-state index in [4.69, 9.17) is 0 Å². The fourth-order valence-corrected chi connectivity index (χ4v) is 4.06. The number of nitrogens with zero attached hydrogens (tertiary/aromatic N) is 1. The van der Waals surface area contributed by atoms with Gasteiger partial charge in [-0.3, -0.25) is 4.79 Å². The van der Waals surface area contributed by atoms with Crippen molar-refractivity contribution in [2.45, 2.75) is 58.4 Å². The van der Waals surface area contributed by atoms with Crippen LogP contribution in [0.1, 0.15) is 52.4 Å². The van der Waals surface area contributed by atoms with Gasteiger partial charge < -0.3 is 4.90 Å². The Labute approximate surface area is 111 Å². The lowest BCUT2D eigenvalue weighted by Crippen LogP contribution is -2.41. The highest BCUT2D eigenvalue weighted by molar-refractivity contribution is 7.91. The number of amides is 1. The average molecular weight is 275 g/mol. The minimum absolute atomic E-state index is 0.0779. The number of carbonyl (C=O) groups excluding carboxylic acids is 1. The van der Waals surface area contributed by atoms with Gasteiger partial charge in [-0.15, -0.1) is 0 Å². The van der Waals surface area contributed by atoms with E-state index in [2.05, 4.69) is 13.8 Å². The highest BCUT2D eigenvalue weighted by atomic mass is 32.2. The summed E-state index contributed by atoms with van der Waals surface area (Å²) in [6.45, 7) is 4.85. The maximum absolute atomic E-state index is 12.1. The molecule has 1 rings (SSSR count). The SMILES string of the molecule is CCCCC(=O)N(CCCC)C1CCS(=O)(=O)C1. The van der Waals surface area contributed by atoms with Gasteiger partial charge in [0, 0.05) is 19.0 Å². The van der Waals surface area contributed by atoms with Crippen LogP contribution in [0.15, 0.2) is 0 Å². The van der Waals surface area contributed by atoms with E-state index < -0.39 is 9.84 Å². The van der Waals surface area contributed by atoms with Crippen LogP contribution in [-0.2, 0) is 14.6 Å². The first kappa shape index (κ1) is 15.5. The molecule has 1 aliphatic heterocycles. The van der Waals surface area contributed by atoms with Crippen molar-refractivity contribution in [3.05, 3.63) is 0 Å². The number of unbranched alkanes of at least 4 members (excludes halogenated alkanes) is 2. The Morgan fingerprint density at radius 2 is 1.89 bits per heavy atom. The molecule has 0 aliphatic carbocycles. The summed E-state index contributed by atoms with van der Waals surface area (Å²) in [6.07, 6.45) is 5.03. The van der Waals surface area contributed by atoms with E-state index in [1.165, 1.54) is 0 Å². The van der Waals surface area contributed by atoms with Crippen molar-refractivity contribution in [1.82, 2.24) is 4.90 Å². The van der Waals surface area contributed by atoms with Gasteiger partial charge in [-0.25, -0.2) is 8.42 Å². The molecule has 0 aromatic rings. The molecule has 0 aromatic carbocycles. The monoisotopic (exact) mass is 275 g/mol. The lowest BCUT2D eigenvalue weighted by molar-refractivity contribution is -0.133. The summed E-state index contributed by atoms with van der Waals surface area (Å²) in [5, 5.41) is 0. The summed E-state index contributed by atoms with van der Waals surface area (Å²) in [6, 6.07) is -0.0779. The zero-order valence-electron chi connectivity index (χ0n) is 11.5. The third kappa shape index (κ3) is 4.59. The Kier molecular flexibility index (Phi) is 6.12. The quantitative estimate of drug-likeness (QED) is 0.714. The van der Waals surface area contributed by atoms with Crippen LogP contribution < -0.4 is 0 Å². The van der Waals surface area contributed by atoms with Crippen LogP contribution in [0.25, 0.3) is 0 Å².